The highest BCUT2D eigenvalue weighted by Crippen LogP contribution is 2.45. The highest BCUT2D eigenvalue weighted by molar-refractivity contribution is 7.47. The first-order chi connectivity index (χ1) is 49.6. The number of aliphatic hydroxyl groups excluding tert-OH is 1. The van der Waals surface area contributed by atoms with Crippen molar-refractivity contribution in [3.63, 3.8) is 0 Å². The molecular formula is C84H164O17P2. The van der Waals surface area contributed by atoms with Crippen LogP contribution in [0.5, 0.6) is 0 Å². The SMILES string of the molecule is CCC(C)CCCCCCCCCCCCCCCCCCCCC(=O)OC[C@H](COP(=O)(O)OCC(O)COP(=O)(O)OC[C@@H](COC(=O)CCCCCCCCCCC(C)C)OC(=O)CCCCCCCCCCC(C)C)OC(=O)CCCCCCCCCCCCCCCCCCC(C)C. The first-order valence-electron chi connectivity index (χ1n) is 43.2. The van der Waals surface area contributed by atoms with E-state index in [0.717, 1.165) is 114 Å². The van der Waals surface area contributed by atoms with Crippen molar-refractivity contribution < 1.29 is 80.2 Å². The monoisotopic (exact) mass is 1510 g/mol. The van der Waals surface area contributed by atoms with Gasteiger partial charge in [-0.2, -0.15) is 0 Å². The number of hydrogen-bond acceptors (Lipinski definition) is 15. The van der Waals surface area contributed by atoms with E-state index >= 15 is 0 Å². The summed E-state index contributed by atoms with van der Waals surface area (Å²) in [6.45, 7) is 14.3. The lowest BCUT2D eigenvalue weighted by molar-refractivity contribution is -0.161. The Morgan fingerprint density at radius 2 is 0.466 bits per heavy atom. The van der Waals surface area contributed by atoms with Crippen LogP contribution >= 0.6 is 15.6 Å². The summed E-state index contributed by atoms with van der Waals surface area (Å²) < 4.78 is 68.8. The Morgan fingerprint density at radius 1 is 0.272 bits per heavy atom. The lowest BCUT2D eigenvalue weighted by atomic mass is 9.99. The highest BCUT2D eigenvalue weighted by Gasteiger charge is 2.30. The highest BCUT2D eigenvalue weighted by atomic mass is 31.2. The average molecular weight is 1510 g/mol. The van der Waals surface area contributed by atoms with E-state index in [1.54, 1.807) is 0 Å². The summed E-state index contributed by atoms with van der Waals surface area (Å²) in [5.41, 5.74) is 0. The minimum Gasteiger partial charge on any atom is -0.462 e. The summed E-state index contributed by atoms with van der Waals surface area (Å²) in [5.74, 6) is 1.01. The van der Waals surface area contributed by atoms with Crippen LogP contribution in [0.25, 0.3) is 0 Å². The van der Waals surface area contributed by atoms with Gasteiger partial charge in [-0.25, -0.2) is 9.13 Å². The van der Waals surface area contributed by atoms with E-state index in [1.807, 2.05) is 0 Å². The molecule has 0 heterocycles. The summed E-state index contributed by atoms with van der Waals surface area (Å²) in [4.78, 5) is 73.1. The third kappa shape index (κ3) is 76.6. The maximum atomic E-state index is 13.1. The van der Waals surface area contributed by atoms with Crippen molar-refractivity contribution in [3.8, 4) is 0 Å². The molecule has 0 rings (SSSR count). The predicted octanol–water partition coefficient (Wildman–Crippen LogP) is 25.2. The fraction of sp³-hybridized carbons (Fsp3) is 0.952. The minimum atomic E-state index is -4.97. The third-order valence-electron chi connectivity index (χ3n) is 19.9. The van der Waals surface area contributed by atoms with Crippen molar-refractivity contribution in [2.75, 3.05) is 39.6 Å². The molecule has 0 aliphatic heterocycles. The Labute approximate surface area is 632 Å². The van der Waals surface area contributed by atoms with E-state index in [0.29, 0.717) is 25.7 Å². The first kappa shape index (κ1) is 101. The maximum Gasteiger partial charge on any atom is 0.472 e. The van der Waals surface area contributed by atoms with Crippen molar-refractivity contribution in [1.82, 2.24) is 0 Å². The molecule has 612 valence electrons. The number of phosphoric ester groups is 2. The van der Waals surface area contributed by atoms with Gasteiger partial charge < -0.3 is 33.8 Å². The standard InChI is InChI=1S/C84H164O17P2/c1-9-77(8)63-55-47-39-29-25-21-17-12-10-11-13-18-22-26-30-40-48-56-64-81(86)94-70-79(100-83(88)66-58-50-42-31-27-23-19-15-14-16-20-24-28-36-44-52-60-74(2)3)72-98-102(90,91)96-68-78(85)69-97-103(92,93)99-73-80(101-84(89)67-59-51-43-35-33-38-46-54-62-76(6)7)71-95-82(87)65-57-49-41-34-32-37-45-53-61-75(4)5/h74-80,85H,9-73H2,1-8H3,(H,90,91)(H,92,93)/t77?,78?,79-,80-/m1/s1. The first-order valence-corrected chi connectivity index (χ1v) is 46.2. The van der Waals surface area contributed by atoms with Gasteiger partial charge in [-0.1, -0.05) is 383 Å². The number of ether oxygens (including phenoxy) is 4. The van der Waals surface area contributed by atoms with Crippen LogP contribution in [-0.4, -0.2) is 96.7 Å². The average Bonchev–Trinajstić information content (AvgIpc) is 0.909. The number of esters is 4. The fourth-order valence-corrected chi connectivity index (χ4v) is 14.5. The summed E-state index contributed by atoms with van der Waals surface area (Å²) in [6.07, 6.45) is 61.3. The molecule has 0 saturated carbocycles. The summed E-state index contributed by atoms with van der Waals surface area (Å²) in [6, 6.07) is 0. The van der Waals surface area contributed by atoms with Gasteiger partial charge in [0.1, 0.15) is 19.3 Å². The zero-order valence-electron chi connectivity index (χ0n) is 68.0. The number of unbranched alkanes of at least 4 members (excludes halogenated alkanes) is 46. The van der Waals surface area contributed by atoms with Crippen LogP contribution in [0.4, 0.5) is 0 Å². The number of rotatable bonds is 81. The van der Waals surface area contributed by atoms with E-state index < -0.39 is 97.5 Å². The van der Waals surface area contributed by atoms with Crippen molar-refractivity contribution in [2.45, 2.75) is 453 Å². The molecule has 3 N–H and O–H groups in total. The Balaban J connectivity index is 5.20. The molecule has 0 radical (unpaired) electrons. The molecule has 0 aromatic heterocycles. The summed E-state index contributed by atoms with van der Waals surface area (Å²) in [5, 5.41) is 10.6. The fourth-order valence-electron chi connectivity index (χ4n) is 12.9. The van der Waals surface area contributed by atoms with E-state index in [-0.39, 0.29) is 25.7 Å². The molecule has 0 spiro atoms. The number of phosphoric acid groups is 2. The van der Waals surface area contributed by atoms with E-state index in [9.17, 15) is 43.2 Å². The topological polar surface area (TPSA) is 237 Å². The van der Waals surface area contributed by atoms with Gasteiger partial charge in [0, 0.05) is 25.7 Å². The van der Waals surface area contributed by atoms with Crippen LogP contribution < -0.4 is 0 Å². The molecule has 0 bridgehead atoms. The zero-order valence-corrected chi connectivity index (χ0v) is 69.7. The molecule has 0 aliphatic carbocycles. The van der Waals surface area contributed by atoms with Gasteiger partial charge in [0.05, 0.1) is 26.4 Å². The Morgan fingerprint density at radius 3 is 0.689 bits per heavy atom. The number of carbonyl (C=O) groups is 4. The smallest absolute Gasteiger partial charge is 0.462 e. The summed E-state index contributed by atoms with van der Waals surface area (Å²) in [7, 11) is -9.92. The predicted molar refractivity (Wildman–Crippen MR) is 423 cm³/mol. The largest absolute Gasteiger partial charge is 0.472 e. The lowest BCUT2D eigenvalue weighted by Crippen LogP contribution is -2.30. The molecule has 17 nitrogen and oxygen atoms in total. The van der Waals surface area contributed by atoms with Gasteiger partial charge >= 0.3 is 39.5 Å². The summed E-state index contributed by atoms with van der Waals surface area (Å²) >= 11 is 0. The van der Waals surface area contributed by atoms with E-state index in [1.165, 1.54) is 238 Å². The number of hydrogen-bond donors (Lipinski definition) is 3. The molecule has 103 heavy (non-hydrogen) atoms. The van der Waals surface area contributed by atoms with Crippen molar-refractivity contribution >= 4 is 39.5 Å². The van der Waals surface area contributed by atoms with Crippen molar-refractivity contribution in [2.24, 2.45) is 23.7 Å². The second-order valence-electron chi connectivity index (χ2n) is 31.9. The molecule has 0 saturated heterocycles. The molecule has 0 amide bonds. The Kier molecular flexibility index (Phi) is 71.5. The molecule has 0 aromatic rings. The quantitative estimate of drug-likeness (QED) is 0.0222. The van der Waals surface area contributed by atoms with Crippen LogP contribution in [0.1, 0.15) is 434 Å². The number of carbonyl (C=O) groups excluding carboxylic acids is 4. The molecule has 0 aliphatic rings. The normalized spacial score (nSPS) is 14.2. The van der Waals surface area contributed by atoms with Gasteiger partial charge in [0.25, 0.3) is 0 Å². The second-order valence-corrected chi connectivity index (χ2v) is 34.8. The van der Waals surface area contributed by atoms with Crippen LogP contribution in [-0.2, 0) is 65.4 Å². The molecular weight excluding hydrogens is 1340 g/mol. The Hall–Kier alpha value is -1.94. The molecule has 0 aromatic carbocycles. The van der Waals surface area contributed by atoms with Crippen LogP contribution in [0.15, 0.2) is 0 Å². The van der Waals surface area contributed by atoms with E-state index in [4.69, 9.17) is 37.0 Å². The Bertz CT molecular complexity index is 2010. The zero-order chi connectivity index (χ0) is 76.0. The van der Waals surface area contributed by atoms with Gasteiger partial charge in [-0.15, -0.1) is 0 Å². The van der Waals surface area contributed by atoms with Gasteiger partial charge in [0.2, 0.25) is 0 Å². The van der Waals surface area contributed by atoms with Crippen LogP contribution in [0.3, 0.4) is 0 Å². The maximum absolute atomic E-state index is 13.1. The van der Waals surface area contributed by atoms with Gasteiger partial charge in [-0.05, 0) is 49.4 Å². The lowest BCUT2D eigenvalue weighted by Gasteiger charge is -2.21. The van der Waals surface area contributed by atoms with Crippen molar-refractivity contribution in [3.05, 3.63) is 0 Å². The van der Waals surface area contributed by atoms with Crippen LogP contribution in [0, 0.1) is 23.7 Å². The molecule has 0 fully saturated rings. The van der Waals surface area contributed by atoms with E-state index in [2.05, 4.69) is 55.4 Å². The molecule has 6 atom stereocenters. The second kappa shape index (κ2) is 72.9. The van der Waals surface area contributed by atoms with Gasteiger partial charge in [-0.3, -0.25) is 37.3 Å². The minimum absolute atomic E-state index is 0.104. The van der Waals surface area contributed by atoms with Crippen LogP contribution in [0.2, 0.25) is 0 Å². The molecule has 19 heteroatoms. The molecule has 4 unspecified atom stereocenters. The van der Waals surface area contributed by atoms with Crippen molar-refractivity contribution in [1.29, 1.82) is 0 Å². The third-order valence-corrected chi connectivity index (χ3v) is 21.8. The number of aliphatic hydroxyl groups is 1. The van der Waals surface area contributed by atoms with Gasteiger partial charge in [0.15, 0.2) is 12.2 Å².